The van der Waals surface area contributed by atoms with Crippen molar-refractivity contribution >= 4 is 22.5 Å². The van der Waals surface area contributed by atoms with Crippen LogP contribution in [0.5, 0.6) is 0 Å². The van der Waals surface area contributed by atoms with Crippen molar-refractivity contribution in [2.24, 2.45) is 0 Å². The topological polar surface area (TPSA) is 27.8 Å². The van der Waals surface area contributed by atoms with Crippen LogP contribution in [0, 0.1) is 0 Å². The number of nitrogens with one attached hydrogen (secondary N) is 2. The first-order valence-corrected chi connectivity index (χ1v) is 9.65. The van der Waals surface area contributed by atoms with Crippen molar-refractivity contribution in [1.29, 1.82) is 0 Å². The highest BCUT2D eigenvalue weighted by Gasteiger charge is 2.40. The lowest BCUT2D eigenvalue weighted by Gasteiger charge is -2.39. The van der Waals surface area contributed by atoms with Gasteiger partial charge in [0.25, 0.3) is 0 Å². The van der Waals surface area contributed by atoms with Gasteiger partial charge in [-0.2, -0.15) is 0 Å². The lowest BCUT2D eigenvalue weighted by molar-refractivity contribution is 0.304. The van der Waals surface area contributed by atoms with Gasteiger partial charge in [-0.3, -0.25) is 4.39 Å². The summed E-state index contributed by atoms with van der Waals surface area (Å²) in [5.41, 5.74) is 5.27. The molecule has 0 saturated carbocycles. The number of hydrogen-bond acceptors (Lipinski definition) is 1. The highest BCUT2D eigenvalue weighted by atomic mass is 35.5. The molecular weight excluding hydrogens is 347 g/mol. The van der Waals surface area contributed by atoms with E-state index >= 15 is 0 Å². The highest BCUT2D eigenvalue weighted by molar-refractivity contribution is 6.31. The zero-order valence-corrected chi connectivity index (χ0v) is 16.0. The zero-order valence-electron chi connectivity index (χ0n) is 15.2. The summed E-state index contributed by atoms with van der Waals surface area (Å²) >= 11 is 6.22. The van der Waals surface area contributed by atoms with E-state index in [-0.39, 0.29) is 6.67 Å². The van der Waals surface area contributed by atoms with Crippen LogP contribution in [-0.4, -0.2) is 18.2 Å². The summed E-state index contributed by atoms with van der Waals surface area (Å²) in [6.07, 6.45) is 1.31. The van der Waals surface area contributed by atoms with Crippen molar-refractivity contribution < 1.29 is 4.39 Å². The summed E-state index contributed by atoms with van der Waals surface area (Å²) in [6.45, 7) is 4.81. The largest absolute Gasteiger partial charge is 0.356 e. The van der Waals surface area contributed by atoms with Crippen LogP contribution in [0.4, 0.5) is 4.39 Å². The predicted molar refractivity (Wildman–Crippen MR) is 107 cm³/mol. The minimum Gasteiger partial charge on any atom is -0.356 e. The lowest BCUT2D eigenvalue weighted by atomic mass is 9.78. The van der Waals surface area contributed by atoms with Gasteiger partial charge in [0.15, 0.2) is 0 Å². The number of fused-ring (bicyclic) bond motifs is 3. The number of hydrogen-bond donors (Lipinski definition) is 2. The Bertz CT molecular complexity index is 929. The van der Waals surface area contributed by atoms with Crippen LogP contribution in [0.2, 0.25) is 5.02 Å². The molecule has 26 heavy (non-hydrogen) atoms. The molecule has 1 unspecified atom stereocenters. The summed E-state index contributed by atoms with van der Waals surface area (Å²) in [7, 11) is 0. The van der Waals surface area contributed by atoms with E-state index in [1.54, 1.807) is 0 Å². The Morgan fingerprint density at radius 3 is 2.62 bits per heavy atom. The van der Waals surface area contributed by atoms with Crippen LogP contribution in [0.15, 0.2) is 42.5 Å². The number of aromatic nitrogens is 1. The molecule has 4 rings (SSSR count). The maximum Gasteiger partial charge on any atom is 0.0919 e. The molecule has 1 aliphatic rings. The second-order valence-corrected chi connectivity index (χ2v) is 7.90. The van der Waals surface area contributed by atoms with Crippen LogP contribution < -0.4 is 5.32 Å². The van der Waals surface area contributed by atoms with Crippen LogP contribution in [-0.2, 0) is 12.0 Å². The van der Waals surface area contributed by atoms with E-state index in [9.17, 15) is 4.39 Å². The first kappa shape index (κ1) is 17.6. The molecule has 3 aromatic rings. The molecular formula is C22H24ClFN2. The van der Waals surface area contributed by atoms with Crippen molar-refractivity contribution in [2.45, 2.75) is 38.1 Å². The van der Waals surface area contributed by atoms with Crippen molar-refractivity contribution in [3.63, 3.8) is 0 Å². The average Bonchev–Trinajstić information content (AvgIpc) is 3.01. The lowest BCUT2D eigenvalue weighted by Crippen LogP contribution is -2.48. The number of alkyl halides is 1. The molecule has 4 heteroatoms. The third-order valence-corrected chi connectivity index (χ3v) is 5.87. The fourth-order valence-corrected chi connectivity index (χ4v) is 4.40. The first-order chi connectivity index (χ1) is 12.5. The molecule has 0 radical (unpaired) electrons. The molecule has 136 valence electrons. The van der Waals surface area contributed by atoms with Crippen LogP contribution in [0.1, 0.15) is 48.6 Å². The SMILES string of the molecule is CC(C)c1ccc(C2(CCF)NCCc3c2[nH]c2ccc(Cl)cc32)cc1. The predicted octanol–water partition coefficient (Wildman–Crippen LogP) is 5.69. The second-order valence-electron chi connectivity index (χ2n) is 7.47. The van der Waals surface area contributed by atoms with Crippen molar-refractivity contribution in [3.8, 4) is 0 Å². The van der Waals surface area contributed by atoms with Gasteiger partial charge >= 0.3 is 0 Å². The molecule has 0 fully saturated rings. The number of benzene rings is 2. The molecule has 0 saturated heterocycles. The Morgan fingerprint density at radius 2 is 1.92 bits per heavy atom. The Morgan fingerprint density at radius 1 is 1.15 bits per heavy atom. The van der Waals surface area contributed by atoms with Gasteiger partial charge < -0.3 is 10.3 Å². The van der Waals surface area contributed by atoms with Gasteiger partial charge in [0.1, 0.15) is 0 Å². The Kier molecular flexibility index (Phi) is 4.54. The Balaban J connectivity index is 1.91. The van der Waals surface area contributed by atoms with Gasteiger partial charge in [-0.1, -0.05) is 49.7 Å². The number of halogens is 2. The number of rotatable bonds is 4. The zero-order chi connectivity index (χ0) is 18.3. The minimum absolute atomic E-state index is 0.380. The molecule has 1 atom stereocenters. The van der Waals surface area contributed by atoms with Crippen LogP contribution in [0.3, 0.4) is 0 Å². The summed E-state index contributed by atoms with van der Waals surface area (Å²) < 4.78 is 13.7. The maximum atomic E-state index is 13.7. The second kappa shape index (κ2) is 6.71. The molecule has 2 aromatic carbocycles. The monoisotopic (exact) mass is 370 g/mol. The normalized spacial score (nSPS) is 19.9. The minimum atomic E-state index is -0.524. The third kappa shape index (κ3) is 2.74. The average molecular weight is 371 g/mol. The van der Waals surface area contributed by atoms with Crippen LogP contribution >= 0.6 is 11.6 Å². The van der Waals surface area contributed by atoms with Gasteiger partial charge in [0, 0.05) is 34.6 Å². The van der Waals surface area contributed by atoms with Gasteiger partial charge in [-0.15, -0.1) is 0 Å². The molecule has 0 bridgehead atoms. The van der Waals surface area contributed by atoms with E-state index in [1.807, 2.05) is 18.2 Å². The molecule has 0 spiro atoms. The molecule has 1 aliphatic heterocycles. The molecule has 2 nitrogen and oxygen atoms in total. The molecule has 0 aliphatic carbocycles. The maximum absolute atomic E-state index is 13.7. The smallest absolute Gasteiger partial charge is 0.0919 e. The fourth-order valence-electron chi connectivity index (χ4n) is 4.23. The summed E-state index contributed by atoms with van der Waals surface area (Å²) in [5.74, 6) is 0.478. The molecule has 2 N–H and O–H groups in total. The Hall–Kier alpha value is -1.84. The quantitative estimate of drug-likeness (QED) is 0.606. The first-order valence-electron chi connectivity index (χ1n) is 9.27. The summed E-state index contributed by atoms with van der Waals surface area (Å²) in [5, 5.41) is 5.51. The van der Waals surface area contributed by atoms with E-state index in [0.29, 0.717) is 12.3 Å². The van der Waals surface area contributed by atoms with Crippen molar-refractivity contribution in [1.82, 2.24) is 10.3 Å². The highest BCUT2D eigenvalue weighted by Crippen LogP contribution is 2.41. The van der Waals surface area contributed by atoms with E-state index < -0.39 is 5.54 Å². The molecule has 1 aromatic heterocycles. The van der Waals surface area contributed by atoms with Gasteiger partial charge in [-0.05, 0) is 47.2 Å². The molecule has 0 amide bonds. The van der Waals surface area contributed by atoms with E-state index in [2.05, 4.69) is 48.4 Å². The standard InChI is InChI=1S/C22H24ClFN2/c1-14(2)15-3-5-16(6-4-15)22(10-11-24)21-18(9-12-25-22)19-13-17(23)7-8-20(19)26-21/h3-8,13-14,25-26H,9-12H2,1-2H3. The summed E-state index contributed by atoms with van der Waals surface area (Å²) in [6, 6.07) is 14.5. The van der Waals surface area contributed by atoms with E-state index in [0.717, 1.165) is 40.1 Å². The molecule has 2 heterocycles. The van der Waals surface area contributed by atoms with E-state index in [1.165, 1.54) is 11.1 Å². The van der Waals surface area contributed by atoms with Crippen molar-refractivity contribution in [2.75, 3.05) is 13.2 Å². The van der Waals surface area contributed by atoms with Gasteiger partial charge in [0.05, 0.1) is 12.2 Å². The van der Waals surface area contributed by atoms with Gasteiger partial charge in [-0.25, -0.2) is 0 Å². The van der Waals surface area contributed by atoms with Gasteiger partial charge in [0.2, 0.25) is 0 Å². The van der Waals surface area contributed by atoms with E-state index in [4.69, 9.17) is 11.6 Å². The number of H-pyrrole nitrogens is 1. The fraction of sp³-hybridized carbons (Fsp3) is 0.364. The van der Waals surface area contributed by atoms with Crippen LogP contribution in [0.25, 0.3) is 10.9 Å². The van der Waals surface area contributed by atoms with Crippen molar-refractivity contribution in [3.05, 3.63) is 69.9 Å². The number of aromatic amines is 1. The summed E-state index contributed by atoms with van der Waals surface area (Å²) in [4.78, 5) is 3.57. The third-order valence-electron chi connectivity index (χ3n) is 5.64. The Labute approximate surface area is 158 Å².